The summed E-state index contributed by atoms with van der Waals surface area (Å²) in [5, 5.41) is 0. The summed E-state index contributed by atoms with van der Waals surface area (Å²) in [7, 11) is 1.49. The Morgan fingerprint density at radius 1 is 0.519 bits per heavy atom. The average Bonchev–Trinajstić information content (AvgIpc) is 3.09. The molecule has 10 heteroatoms. The molecule has 0 aliphatic rings. The van der Waals surface area contributed by atoms with Crippen LogP contribution in [0.5, 0.6) is 0 Å². The summed E-state index contributed by atoms with van der Waals surface area (Å²) in [5.74, 6) is -0.790. The van der Waals surface area contributed by atoms with Gasteiger partial charge in [-0.1, -0.05) is 181 Å². The van der Waals surface area contributed by atoms with Crippen molar-refractivity contribution in [3.63, 3.8) is 0 Å². The van der Waals surface area contributed by atoms with E-state index in [9.17, 15) is 19.0 Å². The molecule has 0 amide bonds. The zero-order valence-electron chi connectivity index (χ0n) is 34.8. The van der Waals surface area contributed by atoms with Crippen molar-refractivity contribution in [2.24, 2.45) is 0 Å². The Kier molecular flexibility index (Phi) is 35.0. The Morgan fingerprint density at radius 3 is 1.23 bits per heavy atom. The maximum absolute atomic E-state index is 12.7. The molecule has 0 radical (unpaired) electrons. The van der Waals surface area contributed by atoms with E-state index in [2.05, 4.69) is 13.8 Å². The monoisotopic (exact) mass is 763 g/mol. The van der Waals surface area contributed by atoms with Gasteiger partial charge in [-0.15, -0.1) is 0 Å². The number of carbonyl (C=O) groups is 2. The van der Waals surface area contributed by atoms with Crippen molar-refractivity contribution in [1.29, 1.82) is 0 Å². The van der Waals surface area contributed by atoms with Crippen LogP contribution in [-0.2, 0) is 32.7 Å². The van der Waals surface area contributed by atoms with Crippen molar-refractivity contribution in [2.75, 3.05) is 47.5 Å². The van der Waals surface area contributed by atoms with Crippen LogP contribution in [0.1, 0.15) is 206 Å². The van der Waals surface area contributed by atoms with Gasteiger partial charge in [0.1, 0.15) is 19.8 Å². The SMILES string of the molecule is CCCCCCCCCCCCCCCCCCCCCCC(=O)OC(COC(=O)CCCCCCCCCC)COP(=O)(O)OCC[N+](C)(C)C. The molecule has 0 heterocycles. The first-order chi connectivity index (χ1) is 25.0. The molecule has 9 nitrogen and oxygen atoms in total. The van der Waals surface area contributed by atoms with Gasteiger partial charge in [0.25, 0.3) is 0 Å². The molecular weight excluding hydrogens is 677 g/mol. The number of hydrogen-bond acceptors (Lipinski definition) is 7. The predicted octanol–water partition coefficient (Wildman–Crippen LogP) is 12.0. The van der Waals surface area contributed by atoms with E-state index in [-0.39, 0.29) is 25.6 Å². The molecule has 0 spiro atoms. The number of rotatable bonds is 40. The lowest BCUT2D eigenvalue weighted by molar-refractivity contribution is -0.870. The van der Waals surface area contributed by atoms with E-state index in [1.54, 1.807) is 0 Å². The Labute approximate surface area is 321 Å². The highest BCUT2D eigenvalue weighted by Crippen LogP contribution is 2.43. The lowest BCUT2D eigenvalue weighted by atomic mass is 10.0. The standard InChI is InChI=1S/C42H84NO8P/c1-6-8-10-12-14-16-17-18-19-20-21-22-23-24-25-26-27-29-31-33-35-42(45)51-40(39-50-52(46,47)49-37-36-43(3,4)5)38-48-41(44)34-32-30-28-15-13-11-9-7-2/h40H,6-39H2,1-5H3/p+1. The lowest BCUT2D eigenvalue weighted by Gasteiger charge is -2.24. The van der Waals surface area contributed by atoms with Crippen LogP contribution < -0.4 is 0 Å². The summed E-state index contributed by atoms with van der Waals surface area (Å²) >= 11 is 0. The Morgan fingerprint density at radius 2 is 0.865 bits per heavy atom. The van der Waals surface area contributed by atoms with Crippen molar-refractivity contribution >= 4 is 19.8 Å². The second kappa shape index (κ2) is 35.7. The van der Waals surface area contributed by atoms with Crippen molar-refractivity contribution in [1.82, 2.24) is 0 Å². The van der Waals surface area contributed by atoms with Gasteiger partial charge in [0.15, 0.2) is 6.10 Å². The van der Waals surface area contributed by atoms with E-state index in [1.807, 2.05) is 21.1 Å². The molecule has 1 N–H and O–H groups in total. The third-order valence-electron chi connectivity index (χ3n) is 9.64. The van der Waals surface area contributed by atoms with Crippen molar-refractivity contribution in [3.8, 4) is 0 Å². The molecule has 0 bridgehead atoms. The second-order valence-electron chi connectivity index (χ2n) is 16.1. The van der Waals surface area contributed by atoms with Gasteiger partial charge in [-0.25, -0.2) is 4.57 Å². The molecule has 2 unspecified atom stereocenters. The first kappa shape index (κ1) is 51.0. The zero-order valence-corrected chi connectivity index (χ0v) is 35.7. The van der Waals surface area contributed by atoms with E-state index >= 15 is 0 Å². The molecule has 0 aromatic carbocycles. The molecular formula is C42H85NO8P+. The Balaban J connectivity index is 4.20. The van der Waals surface area contributed by atoms with Gasteiger partial charge < -0.3 is 18.9 Å². The average molecular weight is 763 g/mol. The smallest absolute Gasteiger partial charge is 0.462 e. The molecule has 0 aliphatic carbocycles. The summed E-state index contributed by atoms with van der Waals surface area (Å²) in [6.07, 6.45) is 34.5. The molecule has 0 rings (SSSR count). The first-order valence-electron chi connectivity index (χ1n) is 21.8. The molecule has 2 atom stereocenters. The van der Waals surface area contributed by atoms with Gasteiger partial charge >= 0.3 is 19.8 Å². The van der Waals surface area contributed by atoms with Gasteiger partial charge in [0.2, 0.25) is 0 Å². The van der Waals surface area contributed by atoms with Crippen LogP contribution in [0.15, 0.2) is 0 Å². The number of carbonyl (C=O) groups excluding carboxylic acids is 2. The number of hydrogen-bond donors (Lipinski definition) is 1. The first-order valence-corrected chi connectivity index (χ1v) is 23.3. The highest BCUT2D eigenvalue weighted by molar-refractivity contribution is 7.47. The number of quaternary nitrogens is 1. The van der Waals surface area contributed by atoms with Crippen molar-refractivity contribution < 1.29 is 42.1 Å². The number of likely N-dealkylation sites (N-methyl/N-ethyl adjacent to an activating group) is 1. The third kappa shape index (κ3) is 38.7. The van der Waals surface area contributed by atoms with E-state index in [4.69, 9.17) is 18.5 Å². The quantitative estimate of drug-likeness (QED) is 0.0284. The number of nitrogens with zero attached hydrogens (tertiary/aromatic N) is 1. The van der Waals surface area contributed by atoms with Crippen LogP contribution in [-0.4, -0.2) is 74.9 Å². The summed E-state index contributed by atoms with van der Waals surface area (Å²) in [4.78, 5) is 35.2. The van der Waals surface area contributed by atoms with E-state index in [0.29, 0.717) is 17.4 Å². The number of ether oxygens (including phenoxy) is 2. The number of esters is 2. The molecule has 0 saturated heterocycles. The molecule has 0 aromatic rings. The minimum Gasteiger partial charge on any atom is -0.462 e. The van der Waals surface area contributed by atoms with Gasteiger partial charge in [0, 0.05) is 12.8 Å². The third-order valence-corrected chi connectivity index (χ3v) is 10.6. The van der Waals surface area contributed by atoms with Crippen LogP contribution >= 0.6 is 7.82 Å². The second-order valence-corrected chi connectivity index (χ2v) is 17.6. The molecule has 0 aliphatic heterocycles. The van der Waals surface area contributed by atoms with Crippen molar-refractivity contribution in [3.05, 3.63) is 0 Å². The summed E-state index contributed by atoms with van der Waals surface area (Å²) in [5.41, 5.74) is 0. The number of phosphoric acid groups is 1. The lowest BCUT2D eigenvalue weighted by Crippen LogP contribution is -2.37. The molecule has 52 heavy (non-hydrogen) atoms. The van der Waals surface area contributed by atoms with Crippen molar-refractivity contribution in [2.45, 2.75) is 213 Å². The van der Waals surface area contributed by atoms with Gasteiger partial charge in [-0.2, -0.15) is 0 Å². The molecule has 0 saturated carbocycles. The Bertz CT molecular complexity index is 865. The summed E-state index contributed by atoms with van der Waals surface area (Å²) in [6, 6.07) is 0. The zero-order chi connectivity index (χ0) is 38.6. The minimum absolute atomic E-state index is 0.0365. The molecule has 0 aromatic heterocycles. The maximum Gasteiger partial charge on any atom is 0.472 e. The van der Waals surface area contributed by atoms with Crippen LogP contribution in [0.4, 0.5) is 0 Å². The van der Waals surface area contributed by atoms with Crippen LogP contribution in [0.3, 0.4) is 0 Å². The van der Waals surface area contributed by atoms with Crippen LogP contribution in [0.25, 0.3) is 0 Å². The Hall–Kier alpha value is -0.990. The minimum atomic E-state index is -4.36. The topological polar surface area (TPSA) is 108 Å². The van der Waals surface area contributed by atoms with Crippen LogP contribution in [0.2, 0.25) is 0 Å². The number of unbranched alkanes of at least 4 members (excludes halogenated alkanes) is 26. The maximum atomic E-state index is 12.7. The fourth-order valence-electron chi connectivity index (χ4n) is 6.19. The van der Waals surface area contributed by atoms with E-state index < -0.39 is 26.5 Å². The van der Waals surface area contributed by atoms with E-state index in [0.717, 1.165) is 38.5 Å². The largest absolute Gasteiger partial charge is 0.472 e. The predicted molar refractivity (Wildman–Crippen MR) is 215 cm³/mol. The fraction of sp³-hybridized carbons (Fsp3) is 0.952. The highest BCUT2D eigenvalue weighted by Gasteiger charge is 2.27. The number of phosphoric ester groups is 1. The van der Waals surface area contributed by atoms with Gasteiger partial charge in [-0.05, 0) is 12.8 Å². The molecule has 0 fully saturated rings. The molecule has 310 valence electrons. The van der Waals surface area contributed by atoms with Crippen LogP contribution in [0, 0.1) is 0 Å². The van der Waals surface area contributed by atoms with Gasteiger partial charge in [0.05, 0.1) is 27.7 Å². The van der Waals surface area contributed by atoms with E-state index in [1.165, 1.54) is 141 Å². The fourth-order valence-corrected chi connectivity index (χ4v) is 6.93. The highest BCUT2D eigenvalue weighted by atomic mass is 31.2. The normalized spacial score (nSPS) is 13.6. The summed E-state index contributed by atoms with van der Waals surface area (Å²) < 4.78 is 34.2. The van der Waals surface area contributed by atoms with Gasteiger partial charge in [-0.3, -0.25) is 18.6 Å². The summed E-state index contributed by atoms with van der Waals surface area (Å²) in [6.45, 7) is 4.42.